The summed E-state index contributed by atoms with van der Waals surface area (Å²) in [6, 6.07) is 1.83. The van der Waals surface area contributed by atoms with Crippen LogP contribution in [0.1, 0.15) is 19.3 Å². The first-order valence-corrected chi connectivity index (χ1v) is 6.74. The fraction of sp³-hybridized carbons (Fsp3) is 0.538. The first-order chi connectivity index (χ1) is 9.63. The largest absolute Gasteiger partial charge is 0.350 e. The summed E-state index contributed by atoms with van der Waals surface area (Å²) in [5.74, 6) is -0.160. The summed E-state index contributed by atoms with van der Waals surface area (Å²) in [5, 5.41) is 2.81. The van der Waals surface area contributed by atoms with Crippen molar-refractivity contribution in [2.24, 2.45) is 0 Å². The number of nitrogens with zero attached hydrogens (tertiary/aromatic N) is 3. The Kier molecular flexibility index (Phi) is 3.25. The molecule has 1 saturated heterocycles. The van der Waals surface area contributed by atoms with E-state index < -0.39 is 5.69 Å². The Morgan fingerprint density at radius 3 is 2.90 bits per heavy atom. The molecule has 106 valence electrons. The van der Waals surface area contributed by atoms with E-state index in [-0.39, 0.29) is 24.4 Å². The maximum Gasteiger partial charge on any atom is 0.347 e. The second kappa shape index (κ2) is 5.07. The van der Waals surface area contributed by atoms with Gasteiger partial charge in [-0.05, 0) is 18.9 Å². The molecule has 1 atom stereocenters. The van der Waals surface area contributed by atoms with Crippen LogP contribution >= 0.6 is 0 Å². The van der Waals surface area contributed by atoms with E-state index in [0.717, 1.165) is 12.8 Å². The zero-order valence-corrected chi connectivity index (χ0v) is 11.0. The lowest BCUT2D eigenvalue weighted by Crippen LogP contribution is -2.40. The molecule has 7 heteroatoms. The van der Waals surface area contributed by atoms with Crippen LogP contribution in [-0.2, 0) is 16.1 Å². The molecule has 1 aliphatic carbocycles. The molecule has 0 spiro atoms. The van der Waals surface area contributed by atoms with Crippen molar-refractivity contribution in [2.75, 3.05) is 6.54 Å². The van der Waals surface area contributed by atoms with Crippen LogP contribution in [-0.4, -0.2) is 44.9 Å². The Balaban J connectivity index is 1.56. The molecule has 0 radical (unpaired) electrons. The number of amides is 2. The molecule has 3 rings (SSSR count). The van der Waals surface area contributed by atoms with Crippen molar-refractivity contribution in [2.45, 2.75) is 37.9 Å². The lowest BCUT2D eigenvalue weighted by Gasteiger charge is -2.16. The van der Waals surface area contributed by atoms with E-state index in [1.807, 2.05) is 4.90 Å². The van der Waals surface area contributed by atoms with E-state index in [1.54, 1.807) is 6.07 Å². The van der Waals surface area contributed by atoms with Gasteiger partial charge in [-0.15, -0.1) is 0 Å². The number of nitrogens with one attached hydrogen (secondary N) is 1. The van der Waals surface area contributed by atoms with Crippen LogP contribution in [0.3, 0.4) is 0 Å². The summed E-state index contributed by atoms with van der Waals surface area (Å²) in [6.07, 6.45) is 5.39. The lowest BCUT2D eigenvalue weighted by atomic mass is 10.2. The summed E-state index contributed by atoms with van der Waals surface area (Å²) in [4.78, 5) is 40.5. The first-order valence-electron chi connectivity index (χ1n) is 6.74. The molecule has 2 fully saturated rings. The van der Waals surface area contributed by atoms with Gasteiger partial charge in [0.25, 0.3) is 0 Å². The van der Waals surface area contributed by atoms with Crippen molar-refractivity contribution in [1.82, 2.24) is 19.8 Å². The first kappa shape index (κ1) is 12.8. The topological polar surface area (TPSA) is 84.3 Å². The molecule has 20 heavy (non-hydrogen) atoms. The van der Waals surface area contributed by atoms with Gasteiger partial charge in [-0.3, -0.25) is 14.2 Å². The highest BCUT2D eigenvalue weighted by molar-refractivity contribution is 5.82. The predicted molar refractivity (Wildman–Crippen MR) is 69.8 cm³/mol. The molecule has 1 saturated carbocycles. The smallest absolute Gasteiger partial charge is 0.347 e. The third kappa shape index (κ3) is 2.71. The van der Waals surface area contributed by atoms with E-state index in [0.29, 0.717) is 19.0 Å². The van der Waals surface area contributed by atoms with Crippen molar-refractivity contribution in [3.63, 3.8) is 0 Å². The average Bonchev–Trinajstić information content (AvgIpc) is 3.17. The van der Waals surface area contributed by atoms with Crippen LogP contribution in [0.5, 0.6) is 0 Å². The minimum absolute atomic E-state index is 0.0687. The molecule has 7 nitrogen and oxygen atoms in total. The van der Waals surface area contributed by atoms with Crippen molar-refractivity contribution in [3.05, 3.63) is 28.9 Å². The van der Waals surface area contributed by atoms with Crippen LogP contribution in [0.25, 0.3) is 0 Å². The van der Waals surface area contributed by atoms with Crippen molar-refractivity contribution < 1.29 is 9.59 Å². The minimum atomic E-state index is -0.454. The maximum absolute atomic E-state index is 11.9. The van der Waals surface area contributed by atoms with E-state index in [1.165, 1.54) is 17.0 Å². The molecular weight excluding hydrogens is 260 g/mol. The van der Waals surface area contributed by atoms with Gasteiger partial charge < -0.3 is 10.2 Å². The van der Waals surface area contributed by atoms with Crippen molar-refractivity contribution in [1.29, 1.82) is 0 Å². The fourth-order valence-electron chi connectivity index (χ4n) is 2.50. The van der Waals surface area contributed by atoms with Crippen LogP contribution in [0.2, 0.25) is 0 Å². The molecule has 1 unspecified atom stereocenters. The molecular formula is C13H16N4O3. The molecule has 1 aromatic rings. The number of carbonyl (C=O) groups is 2. The van der Waals surface area contributed by atoms with E-state index in [4.69, 9.17) is 0 Å². The zero-order chi connectivity index (χ0) is 14.1. The van der Waals surface area contributed by atoms with E-state index in [2.05, 4.69) is 10.3 Å². The van der Waals surface area contributed by atoms with Crippen LogP contribution < -0.4 is 11.0 Å². The molecule has 0 bridgehead atoms. The fourth-order valence-corrected chi connectivity index (χ4v) is 2.50. The number of hydrogen-bond acceptors (Lipinski definition) is 4. The predicted octanol–water partition coefficient (Wildman–Crippen LogP) is -0.877. The number of rotatable bonds is 4. The van der Waals surface area contributed by atoms with Crippen LogP contribution in [0.4, 0.5) is 0 Å². The Bertz CT molecular complexity index is 593. The highest BCUT2D eigenvalue weighted by Crippen LogP contribution is 2.30. The normalized spacial score (nSPS) is 22.1. The van der Waals surface area contributed by atoms with Gasteiger partial charge in [0.2, 0.25) is 11.8 Å². The maximum atomic E-state index is 11.9. The van der Waals surface area contributed by atoms with Gasteiger partial charge in [-0.25, -0.2) is 9.78 Å². The summed E-state index contributed by atoms with van der Waals surface area (Å²) in [6.45, 7) is 0.512. The van der Waals surface area contributed by atoms with E-state index in [9.17, 15) is 14.4 Å². The second-order valence-electron chi connectivity index (χ2n) is 5.28. The highest BCUT2D eigenvalue weighted by atomic mass is 16.2. The Morgan fingerprint density at radius 2 is 2.20 bits per heavy atom. The number of aromatic nitrogens is 2. The highest BCUT2D eigenvalue weighted by Gasteiger charge is 2.39. The third-order valence-electron chi connectivity index (χ3n) is 3.61. The minimum Gasteiger partial charge on any atom is -0.350 e. The summed E-state index contributed by atoms with van der Waals surface area (Å²) >= 11 is 0. The molecule has 2 amide bonds. The van der Waals surface area contributed by atoms with E-state index >= 15 is 0 Å². The zero-order valence-electron chi connectivity index (χ0n) is 11.0. The molecule has 1 aliphatic heterocycles. The van der Waals surface area contributed by atoms with Gasteiger partial charge in [0.05, 0.1) is 6.04 Å². The van der Waals surface area contributed by atoms with Gasteiger partial charge >= 0.3 is 5.69 Å². The number of carbonyl (C=O) groups excluding carboxylic acids is 2. The molecule has 2 aliphatic rings. The van der Waals surface area contributed by atoms with Crippen LogP contribution in [0.15, 0.2) is 23.3 Å². The number of likely N-dealkylation sites (tertiary alicyclic amines) is 1. The number of hydrogen-bond donors (Lipinski definition) is 1. The van der Waals surface area contributed by atoms with Crippen molar-refractivity contribution >= 4 is 11.8 Å². The van der Waals surface area contributed by atoms with Crippen molar-refractivity contribution in [3.8, 4) is 0 Å². The monoisotopic (exact) mass is 276 g/mol. The summed E-state index contributed by atoms with van der Waals surface area (Å²) < 4.78 is 1.24. The molecule has 1 N–H and O–H groups in total. The Morgan fingerprint density at radius 1 is 1.40 bits per heavy atom. The second-order valence-corrected chi connectivity index (χ2v) is 5.28. The standard InChI is InChI=1S/C13H16N4O3/c18-11(8-16-5-1-4-14-13(16)20)15-9-6-12(19)17(7-9)10-2-3-10/h1,4-5,9-10H,2-3,6-8H2,(H,15,18). The van der Waals surface area contributed by atoms with Gasteiger partial charge in [0.15, 0.2) is 0 Å². The van der Waals surface area contributed by atoms with Gasteiger partial charge in [0.1, 0.15) is 6.54 Å². The quantitative estimate of drug-likeness (QED) is 0.774. The lowest BCUT2D eigenvalue weighted by molar-refractivity contribution is -0.128. The van der Waals surface area contributed by atoms with Gasteiger partial charge in [-0.2, -0.15) is 0 Å². The summed E-state index contributed by atoms with van der Waals surface area (Å²) in [7, 11) is 0. The van der Waals surface area contributed by atoms with Gasteiger partial charge in [0, 0.05) is 31.4 Å². The van der Waals surface area contributed by atoms with Crippen LogP contribution in [0, 0.1) is 0 Å². The van der Waals surface area contributed by atoms with Gasteiger partial charge in [-0.1, -0.05) is 0 Å². The molecule has 2 heterocycles. The molecule has 1 aromatic heterocycles. The Labute approximate surface area is 115 Å². The Hall–Kier alpha value is -2.18. The SMILES string of the molecule is O=C(Cn1cccnc1=O)NC1CC(=O)N(C2CC2)C1. The average molecular weight is 276 g/mol. The summed E-state index contributed by atoms with van der Waals surface area (Å²) in [5.41, 5.74) is -0.454. The molecule has 0 aromatic carbocycles. The third-order valence-corrected chi connectivity index (χ3v) is 3.61.